The molecule has 0 bridgehead atoms. The Bertz CT molecular complexity index is 1250. The molecule has 1 aromatic heterocycles. The summed E-state index contributed by atoms with van der Waals surface area (Å²) in [5.41, 5.74) is 0.946. The van der Waals surface area contributed by atoms with Crippen LogP contribution in [0.15, 0.2) is 71.3 Å². The summed E-state index contributed by atoms with van der Waals surface area (Å²) in [5.74, 6) is 0.465. The normalized spacial score (nSPS) is 18.0. The first kappa shape index (κ1) is 24.6. The Hall–Kier alpha value is -4.07. The highest BCUT2D eigenvalue weighted by atomic mass is 16.6. The van der Waals surface area contributed by atoms with Crippen LogP contribution in [0.5, 0.6) is 11.5 Å². The van der Waals surface area contributed by atoms with E-state index < -0.39 is 18.1 Å². The Kier molecular flexibility index (Phi) is 7.25. The number of hydrogen-bond acceptors (Lipinski definition) is 6. The number of anilines is 1. The van der Waals surface area contributed by atoms with Gasteiger partial charge in [0.15, 0.2) is 23.3 Å². The van der Waals surface area contributed by atoms with E-state index in [1.54, 1.807) is 54.6 Å². The molecule has 8 heteroatoms. The van der Waals surface area contributed by atoms with Crippen LogP contribution in [0.4, 0.5) is 5.69 Å². The summed E-state index contributed by atoms with van der Waals surface area (Å²) in [7, 11) is 0. The molecule has 0 radical (unpaired) electrons. The first-order chi connectivity index (χ1) is 18.0. The van der Waals surface area contributed by atoms with Gasteiger partial charge in [0.25, 0.3) is 11.8 Å². The van der Waals surface area contributed by atoms with Gasteiger partial charge in [0.2, 0.25) is 6.10 Å². The molecular formula is C29H30N2O6. The van der Waals surface area contributed by atoms with Crippen molar-refractivity contribution < 1.29 is 28.3 Å². The molecule has 0 saturated heterocycles. The molecule has 192 valence electrons. The van der Waals surface area contributed by atoms with Crippen molar-refractivity contribution in [1.82, 2.24) is 5.32 Å². The maximum atomic E-state index is 14.1. The summed E-state index contributed by atoms with van der Waals surface area (Å²) < 4.78 is 17.5. The first-order valence-corrected chi connectivity index (χ1v) is 12.7. The van der Waals surface area contributed by atoms with E-state index in [2.05, 4.69) is 5.32 Å². The molecule has 1 aliphatic carbocycles. The molecule has 1 saturated carbocycles. The second-order valence-electron chi connectivity index (χ2n) is 9.44. The molecule has 2 aliphatic rings. The molecule has 1 fully saturated rings. The Morgan fingerprint density at radius 1 is 0.919 bits per heavy atom. The maximum absolute atomic E-state index is 14.1. The molecule has 0 spiro atoms. The number of amides is 2. The minimum absolute atomic E-state index is 0.00695. The molecule has 2 aromatic carbocycles. The van der Waals surface area contributed by atoms with Crippen molar-refractivity contribution >= 4 is 23.3 Å². The number of rotatable bonds is 7. The summed E-state index contributed by atoms with van der Waals surface area (Å²) in [4.78, 5) is 41.2. The zero-order valence-electron chi connectivity index (χ0n) is 20.7. The van der Waals surface area contributed by atoms with Crippen LogP contribution in [0.1, 0.15) is 61.2 Å². The second-order valence-corrected chi connectivity index (χ2v) is 9.44. The fraction of sp³-hybridized carbons (Fsp3) is 0.345. The van der Waals surface area contributed by atoms with E-state index in [1.165, 1.54) is 18.1 Å². The number of nitrogens with zero attached hydrogens (tertiary/aromatic N) is 1. The van der Waals surface area contributed by atoms with Crippen molar-refractivity contribution in [1.29, 1.82) is 0 Å². The van der Waals surface area contributed by atoms with Crippen molar-refractivity contribution in [3.63, 3.8) is 0 Å². The van der Waals surface area contributed by atoms with E-state index in [0.29, 0.717) is 28.5 Å². The minimum atomic E-state index is -1.08. The number of fused-ring (bicyclic) bond motifs is 1. The largest absolute Gasteiger partial charge is 0.485 e. The molecule has 1 N–H and O–H groups in total. The lowest BCUT2D eigenvalue weighted by Crippen LogP contribution is -2.52. The molecule has 2 atom stereocenters. The lowest BCUT2D eigenvalue weighted by atomic mass is 9.95. The van der Waals surface area contributed by atoms with Crippen LogP contribution in [0.2, 0.25) is 0 Å². The predicted molar refractivity (Wildman–Crippen MR) is 137 cm³/mol. The summed E-state index contributed by atoms with van der Waals surface area (Å²) >= 11 is 0. The SMILES string of the molecule is CC(=O)c1ccc(N(C(=O)[C@H]2COc3ccccc3O2)[C@@H](C(=O)NC2CCCCC2)c2ccco2)cc1. The first-order valence-electron chi connectivity index (χ1n) is 12.7. The van der Waals surface area contributed by atoms with Gasteiger partial charge in [-0.2, -0.15) is 0 Å². The number of ether oxygens (including phenoxy) is 2. The van der Waals surface area contributed by atoms with Crippen molar-refractivity contribution in [3.8, 4) is 11.5 Å². The number of carbonyl (C=O) groups is 3. The molecular weight excluding hydrogens is 472 g/mol. The van der Waals surface area contributed by atoms with Crippen molar-refractivity contribution in [3.05, 3.63) is 78.3 Å². The van der Waals surface area contributed by atoms with E-state index in [-0.39, 0.29) is 24.3 Å². The monoisotopic (exact) mass is 502 g/mol. The van der Waals surface area contributed by atoms with Crippen molar-refractivity contribution in [2.45, 2.75) is 57.2 Å². The average molecular weight is 503 g/mol. The van der Waals surface area contributed by atoms with Gasteiger partial charge in [0.1, 0.15) is 12.4 Å². The molecule has 5 rings (SSSR count). The predicted octanol–water partition coefficient (Wildman–Crippen LogP) is 4.85. The molecule has 2 amide bonds. The van der Waals surface area contributed by atoms with Crippen LogP contribution in [-0.4, -0.2) is 36.4 Å². The van der Waals surface area contributed by atoms with E-state index in [4.69, 9.17) is 13.9 Å². The fourth-order valence-corrected chi connectivity index (χ4v) is 4.90. The third kappa shape index (κ3) is 5.38. The topological polar surface area (TPSA) is 98.1 Å². The summed E-state index contributed by atoms with van der Waals surface area (Å²) in [6.45, 7) is 1.47. The Morgan fingerprint density at radius 3 is 2.32 bits per heavy atom. The number of carbonyl (C=O) groups excluding carboxylic acids is 3. The smallest absolute Gasteiger partial charge is 0.272 e. The number of furan rings is 1. The van der Waals surface area contributed by atoms with Gasteiger partial charge in [-0.25, -0.2) is 0 Å². The van der Waals surface area contributed by atoms with Crippen molar-refractivity contribution in [2.24, 2.45) is 0 Å². The van der Waals surface area contributed by atoms with E-state index in [9.17, 15) is 14.4 Å². The zero-order valence-corrected chi connectivity index (χ0v) is 20.7. The number of Topliss-reactive ketones (excluding diaryl/α,β-unsaturated/α-hetero) is 1. The van der Waals surface area contributed by atoms with Crippen LogP contribution in [0.3, 0.4) is 0 Å². The zero-order chi connectivity index (χ0) is 25.8. The van der Waals surface area contributed by atoms with Gasteiger partial charge in [-0.1, -0.05) is 31.4 Å². The van der Waals surface area contributed by atoms with Crippen LogP contribution in [0.25, 0.3) is 0 Å². The number of nitrogens with one attached hydrogen (secondary N) is 1. The van der Waals surface area contributed by atoms with Gasteiger partial charge in [0.05, 0.1) is 6.26 Å². The van der Waals surface area contributed by atoms with Crippen LogP contribution >= 0.6 is 0 Å². The lowest BCUT2D eigenvalue weighted by Gasteiger charge is -2.35. The second kappa shape index (κ2) is 10.9. The van der Waals surface area contributed by atoms with E-state index in [0.717, 1.165) is 32.1 Å². The average Bonchev–Trinajstić information content (AvgIpc) is 3.46. The van der Waals surface area contributed by atoms with Crippen LogP contribution in [-0.2, 0) is 9.59 Å². The highest BCUT2D eigenvalue weighted by Gasteiger charge is 2.41. The van der Waals surface area contributed by atoms with Gasteiger partial charge >= 0.3 is 0 Å². The van der Waals surface area contributed by atoms with Gasteiger partial charge in [0, 0.05) is 17.3 Å². The quantitative estimate of drug-likeness (QED) is 0.464. The van der Waals surface area contributed by atoms with Gasteiger partial charge in [-0.15, -0.1) is 0 Å². The fourth-order valence-electron chi connectivity index (χ4n) is 4.90. The molecule has 3 aromatic rings. The molecule has 2 heterocycles. The summed E-state index contributed by atoms with van der Waals surface area (Å²) in [5, 5.41) is 3.14. The van der Waals surface area contributed by atoms with Crippen LogP contribution in [0, 0.1) is 0 Å². The Morgan fingerprint density at radius 2 is 1.65 bits per heavy atom. The Balaban J connectivity index is 1.52. The lowest BCUT2D eigenvalue weighted by molar-refractivity contribution is -0.132. The molecule has 0 unspecified atom stereocenters. The highest BCUT2D eigenvalue weighted by molar-refractivity contribution is 6.04. The summed E-state index contributed by atoms with van der Waals surface area (Å²) in [6, 6.07) is 16.1. The van der Waals surface area contributed by atoms with Crippen molar-refractivity contribution in [2.75, 3.05) is 11.5 Å². The number of para-hydroxylation sites is 2. The number of benzene rings is 2. The molecule has 37 heavy (non-hydrogen) atoms. The Labute approximate surface area is 215 Å². The maximum Gasteiger partial charge on any atom is 0.272 e. The van der Waals surface area contributed by atoms with Gasteiger partial charge in [-0.05, 0) is 68.3 Å². The standard InChI is InChI=1S/C29H30N2O6/c1-19(32)20-13-15-22(16-14-20)31(29(34)26-18-36-23-10-5-6-11-24(23)37-26)27(25-12-7-17-35-25)28(33)30-21-8-3-2-4-9-21/h5-7,10-17,21,26-27H,2-4,8-9,18H2,1H3,(H,30,33)/t26-,27-/m1/s1. The molecule has 8 nitrogen and oxygen atoms in total. The number of ketones is 1. The van der Waals surface area contributed by atoms with E-state index in [1.807, 2.05) is 6.07 Å². The summed E-state index contributed by atoms with van der Waals surface area (Å²) in [6.07, 6.45) is 5.55. The third-order valence-electron chi connectivity index (χ3n) is 6.84. The highest BCUT2D eigenvalue weighted by Crippen LogP contribution is 2.35. The van der Waals surface area contributed by atoms with Gasteiger partial charge in [-0.3, -0.25) is 19.3 Å². The van der Waals surface area contributed by atoms with E-state index >= 15 is 0 Å². The third-order valence-corrected chi connectivity index (χ3v) is 6.84. The minimum Gasteiger partial charge on any atom is -0.485 e. The molecule has 1 aliphatic heterocycles. The van der Waals surface area contributed by atoms with Crippen LogP contribution < -0.4 is 19.7 Å². The number of hydrogen-bond donors (Lipinski definition) is 1. The van der Waals surface area contributed by atoms with Gasteiger partial charge < -0.3 is 19.2 Å².